The van der Waals surface area contributed by atoms with Crippen LogP contribution in [-0.4, -0.2) is 29.5 Å². The van der Waals surface area contributed by atoms with E-state index in [4.69, 9.17) is 22.2 Å². The quantitative estimate of drug-likeness (QED) is 0.640. The number of anilines is 2. The van der Waals surface area contributed by atoms with E-state index in [-0.39, 0.29) is 22.5 Å². The Morgan fingerprint density at radius 3 is 2.51 bits per heavy atom. The Morgan fingerprint density at radius 2 is 1.89 bits per heavy atom. The molecule has 2 aliphatic heterocycles. The Morgan fingerprint density at radius 1 is 1.20 bits per heavy atom. The van der Waals surface area contributed by atoms with Gasteiger partial charge in [0.15, 0.2) is 10.9 Å². The summed E-state index contributed by atoms with van der Waals surface area (Å²) in [5.41, 5.74) is -1.70. The van der Waals surface area contributed by atoms with Crippen LogP contribution in [0.1, 0.15) is 30.5 Å². The number of nitrogens with zero attached hydrogens (tertiary/aromatic N) is 3. The number of carbonyl (C=O) groups is 2. The second-order valence-electron chi connectivity index (χ2n) is 8.40. The molecule has 2 amide bonds. The molecule has 35 heavy (non-hydrogen) atoms. The molecule has 2 heterocycles. The van der Waals surface area contributed by atoms with Crippen LogP contribution >= 0.6 is 12.2 Å². The van der Waals surface area contributed by atoms with Crippen molar-refractivity contribution in [3.63, 3.8) is 0 Å². The number of hydrogen-bond acceptors (Lipinski definition) is 5. The van der Waals surface area contributed by atoms with E-state index >= 15 is 0 Å². The van der Waals surface area contributed by atoms with Gasteiger partial charge in [0.05, 0.1) is 22.9 Å². The lowest BCUT2D eigenvalue weighted by molar-refractivity contribution is -0.137. The average molecular weight is 501 g/mol. The van der Waals surface area contributed by atoms with Gasteiger partial charge in [-0.2, -0.15) is 18.4 Å². The SMILES string of the molecule is CNC(=O)C1=CCc2cc(N3C(=S)N(c4ccc(C#N)c(C(F)(F)F)c4)C(=O)C3(C)C)ccc2O1. The minimum Gasteiger partial charge on any atom is -0.452 e. The lowest BCUT2D eigenvalue weighted by Crippen LogP contribution is -2.44. The largest absolute Gasteiger partial charge is 0.452 e. The van der Waals surface area contributed by atoms with Crippen molar-refractivity contribution < 1.29 is 27.5 Å². The molecule has 0 aliphatic carbocycles. The van der Waals surface area contributed by atoms with Crippen LogP contribution in [0.25, 0.3) is 0 Å². The number of alkyl halides is 3. The molecule has 11 heteroatoms. The highest BCUT2D eigenvalue weighted by Crippen LogP contribution is 2.41. The number of ether oxygens (including phenoxy) is 1. The van der Waals surface area contributed by atoms with E-state index in [9.17, 15) is 22.8 Å². The molecule has 180 valence electrons. The molecule has 4 rings (SSSR count). The zero-order valence-electron chi connectivity index (χ0n) is 18.9. The number of nitriles is 1. The molecule has 0 saturated carbocycles. The Hall–Kier alpha value is -3.91. The number of fused-ring (bicyclic) bond motifs is 1. The van der Waals surface area contributed by atoms with E-state index in [0.717, 1.165) is 22.6 Å². The van der Waals surface area contributed by atoms with Crippen LogP contribution in [0.15, 0.2) is 48.2 Å². The van der Waals surface area contributed by atoms with E-state index < -0.39 is 28.7 Å². The van der Waals surface area contributed by atoms with Crippen molar-refractivity contribution in [1.29, 1.82) is 5.26 Å². The molecular formula is C24H19F3N4O3S. The van der Waals surface area contributed by atoms with E-state index in [1.807, 2.05) is 0 Å². The molecule has 2 aliphatic rings. The van der Waals surface area contributed by atoms with Crippen molar-refractivity contribution in [3.05, 3.63) is 64.9 Å². The molecule has 0 radical (unpaired) electrons. The summed E-state index contributed by atoms with van der Waals surface area (Å²) in [5, 5.41) is 11.6. The van der Waals surface area contributed by atoms with Crippen molar-refractivity contribution >= 4 is 40.5 Å². The topological polar surface area (TPSA) is 85.7 Å². The third-order valence-electron chi connectivity index (χ3n) is 5.84. The predicted octanol–water partition coefficient (Wildman–Crippen LogP) is 4.06. The third-order valence-corrected chi connectivity index (χ3v) is 6.20. The van der Waals surface area contributed by atoms with Gasteiger partial charge in [-0.05, 0) is 75.0 Å². The van der Waals surface area contributed by atoms with Gasteiger partial charge in [-0.1, -0.05) is 0 Å². The highest BCUT2D eigenvalue weighted by molar-refractivity contribution is 7.81. The first-order valence-electron chi connectivity index (χ1n) is 10.4. The summed E-state index contributed by atoms with van der Waals surface area (Å²) in [5.74, 6) is -0.227. The Bertz CT molecular complexity index is 1340. The molecule has 7 nitrogen and oxygen atoms in total. The lowest BCUT2D eigenvalue weighted by Gasteiger charge is -2.30. The summed E-state index contributed by atoms with van der Waals surface area (Å²) in [4.78, 5) is 27.8. The third kappa shape index (κ3) is 4.00. The molecule has 1 fully saturated rings. The van der Waals surface area contributed by atoms with Gasteiger partial charge in [-0.3, -0.25) is 14.5 Å². The summed E-state index contributed by atoms with van der Waals surface area (Å²) >= 11 is 5.56. The minimum absolute atomic E-state index is 0.00361. The van der Waals surface area contributed by atoms with Crippen molar-refractivity contribution in [2.24, 2.45) is 0 Å². The molecule has 0 aromatic heterocycles. The summed E-state index contributed by atoms with van der Waals surface area (Å²) < 4.78 is 46.2. The first-order valence-corrected chi connectivity index (χ1v) is 10.8. The Labute approximate surface area is 204 Å². The second-order valence-corrected chi connectivity index (χ2v) is 8.77. The maximum Gasteiger partial charge on any atom is 0.417 e. The zero-order chi connectivity index (χ0) is 25.7. The van der Waals surface area contributed by atoms with Crippen LogP contribution in [0.3, 0.4) is 0 Å². The first kappa shape index (κ1) is 24.2. The maximum absolute atomic E-state index is 13.5. The van der Waals surface area contributed by atoms with Gasteiger partial charge in [-0.25, -0.2) is 0 Å². The summed E-state index contributed by atoms with van der Waals surface area (Å²) in [6.07, 6.45) is -2.75. The molecule has 1 N–H and O–H groups in total. The fraction of sp³-hybridized carbons (Fsp3) is 0.250. The smallest absolute Gasteiger partial charge is 0.417 e. The molecule has 0 bridgehead atoms. The van der Waals surface area contributed by atoms with Crippen molar-refractivity contribution in [2.75, 3.05) is 16.8 Å². The van der Waals surface area contributed by atoms with Crippen LogP contribution in [0, 0.1) is 11.3 Å². The van der Waals surface area contributed by atoms with Crippen LogP contribution in [0.5, 0.6) is 5.75 Å². The molecule has 2 aromatic rings. The van der Waals surface area contributed by atoms with Crippen LogP contribution in [0.4, 0.5) is 24.5 Å². The predicted molar refractivity (Wildman–Crippen MR) is 126 cm³/mol. The Balaban J connectivity index is 1.72. The van der Waals surface area contributed by atoms with Gasteiger partial charge < -0.3 is 15.0 Å². The van der Waals surface area contributed by atoms with Gasteiger partial charge >= 0.3 is 6.18 Å². The number of thiocarbonyl (C=S) groups is 1. The number of amides is 2. The van der Waals surface area contributed by atoms with Gasteiger partial charge in [0, 0.05) is 18.3 Å². The molecule has 1 saturated heterocycles. The molecule has 2 aromatic carbocycles. The second kappa shape index (κ2) is 8.39. The van der Waals surface area contributed by atoms with E-state index in [0.29, 0.717) is 17.9 Å². The monoisotopic (exact) mass is 500 g/mol. The number of nitrogens with one attached hydrogen (secondary N) is 1. The van der Waals surface area contributed by atoms with Crippen LogP contribution < -0.4 is 19.9 Å². The van der Waals surface area contributed by atoms with E-state index in [2.05, 4.69) is 5.32 Å². The molecule has 0 unspecified atom stereocenters. The molecular weight excluding hydrogens is 481 g/mol. The summed E-state index contributed by atoms with van der Waals surface area (Å²) in [7, 11) is 1.50. The van der Waals surface area contributed by atoms with Crippen molar-refractivity contribution in [1.82, 2.24) is 5.32 Å². The van der Waals surface area contributed by atoms with Crippen molar-refractivity contribution in [3.8, 4) is 11.8 Å². The average Bonchev–Trinajstić information content (AvgIpc) is 3.00. The summed E-state index contributed by atoms with van der Waals surface area (Å²) in [6, 6.07) is 9.65. The van der Waals surface area contributed by atoms with Gasteiger partial charge in [0.1, 0.15) is 11.3 Å². The van der Waals surface area contributed by atoms with Crippen LogP contribution in [-0.2, 0) is 22.2 Å². The van der Waals surface area contributed by atoms with Gasteiger partial charge in [0.25, 0.3) is 11.8 Å². The lowest BCUT2D eigenvalue weighted by atomic mass is 10.0. The van der Waals surface area contributed by atoms with Gasteiger partial charge in [0.2, 0.25) is 0 Å². The van der Waals surface area contributed by atoms with Crippen LogP contribution in [0.2, 0.25) is 0 Å². The molecule has 0 atom stereocenters. The standard InChI is InChI=1S/C24H19F3N4O3S/c1-23(2)21(33)30(15-6-4-14(12-28)17(11-15)24(25,26)27)22(35)31(23)16-7-9-18-13(10-16)5-8-19(34-18)20(32)29-3/h4,6-11H,5H2,1-3H3,(H,29,32). The van der Waals surface area contributed by atoms with E-state index in [1.165, 1.54) is 19.2 Å². The highest BCUT2D eigenvalue weighted by Gasteiger charge is 2.50. The fourth-order valence-electron chi connectivity index (χ4n) is 4.05. The highest BCUT2D eigenvalue weighted by atomic mass is 32.1. The number of carbonyl (C=O) groups excluding carboxylic acids is 2. The number of likely N-dealkylation sites (N-methyl/N-ethyl adjacent to an activating group) is 1. The van der Waals surface area contributed by atoms with Gasteiger partial charge in [-0.15, -0.1) is 0 Å². The normalized spacial score (nSPS) is 16.9. The minimum atomic E-state index is -4.78. The number of allylic oxidation sites excluding steroid dienone is 1. The number of rotatable bonds is 3. The zero-order valence-corrected chi connectivity index (χ0v) is 19.7. The Kier molecular flexibility index (Phi) is 5.81. The van der Waals surface area contributed by atoms with E-state index in [1.54, 1.807) is 43.0 Å². The first-order chi connectivity index (χ1) is 16.4. The number of benzene rings is 2. The van der Waals surface area contributed by atoms with Crippen molar-refractivity contribution in [2.45, 2.75) is 32.0 Å². The molecule has 0 spiro atoms. The number of hydrogen-bond donors (Lipinski definition) is 1. The maximum atomic E-state index is 13.5. The fourth-order valence-corrected chi connectivity index (χ4v) is 4.57. The summed E-state index contributed by atoms with van der Waals surface area (Å²) in [6.45, 7) is 3.24. The number of halogens is 3.